The van der Waals surface area contributed by atoms with Crippen molar-refractivity contribution in [2.75, 3.05) is 6.54 Å². The fraction of sp³-hybridized carbons (Fsp3) is 0.923. The Morgan fingerprint density at radius 1 is 1.12 bits per heavy atom. The lowest BCUT2D eigenvalue weighted by Crippen LogP contribution is -2.52. The third-order valence-corrected chi connectivity index (χ3v) is 4.67. The smallest absolute Gasteiger partial charge is 0.169 e. The molecule has 2 atom stereocenters. The maximum Gasteiger partial charge on any atom is 0.169 e. The van der Waals surface area contributed by atoms with E-state index in [0.29, 0.717) is 12.1 Å². The predicted octanol–water partition coefficient (Wildman–Crippen LogP) is 2.92. The van der Waals surface area contributed by atoms with Crippen LogP contribution in [0.1, 0.15) is 52.4 Å². The highest BCUT2D eigenvalue weighted by molar-refractivity contribution is 7.80. The van der Waals surface area contributed by atoms with E-state index < -0.39 is 0 Å². The summed E-state index contributed by atoms with van der Waals surface area (Å²) in [6.07, 6.45) is 7.98. The molecule has 1 aliphatic carbocycles. The van der Waals surface area contributed by atoms with Gasteiger partial charge in [-0.15, -0.1) is 0 Å². The Morgan fingerprint density at radius 2 is 1.81 bits per heavy atom. The second-order valence-corrected chi connectivity index (χ2v) is 5.87. The summed E-state index contributed by atoms with van der Waals surface area (Å²) in [5.41, 5.74) is 0. The zero-order valence-electron chi connectivity index (χ0n) is 10.5. The molecule has 0 bridgehead atoms. The molecule has 2 rings (SSSR count). The Kier molecular flexibility index (Phi) is 4.06. The Bertz CT molecular complexity index is 248. The second kappa shape index (κ2) is 5.35. The minimum absolute atomic E-state index is 0.607. The van der Waals surface area contributed by atoms with Crippen molar-refractivity contribution in [3.05, 3.63) is 0 Å². The number of hydrogen-bond donors (Lipinski definition) is 1. The molecular weight excluding hydrogens is 216 g/mol. The van der Waals surface area contributed by atoms with Crippen LogP contribution in [0.5, 0.6) is 0 Å². The quantitative estimate of drug-likeness (QED) is 0.710. The van der Waals surface area contributed by atoms with E-state index in [1.54, 1.807) is 0 Å². The van der Waals surface area contributed by atoms with Crippen LogP contribution < -0.4 is 5.32 Å². The van der Waals surface area contributed by atoms with Gasteiger partial charge in [-0.05, 0) is 50.7 Å². The standard InChI is InChI=1S/C13H24N2S/c1-10-6-5-9-15(11(10)2)13(16)14-12-7-3-4-8-12/h10-12H,3-9H2,1-2H3,(H,14,16). The van der Waals surface area contributed by atoms with E-state index in [1.807, 2.05) is 0 Å². The van der Waals surface area contributed by atoms with Gasteiger partial charge in [-0.25, -0.2) is 0 Å². The van der Waals surface area contributed by atoms with Crippen LogP contribution >= 0.6 is 12.2 Å². The molecule has 2 unspecified atom stereocenters. The molecule has 2 nitrogen and oxygen atoms in total. The van der Waals surface area contributed by atoms with Gasteiger partial charge in [0.15, 0.2) is 5.11 Å². The van der Waals surface area contributed by atoms with Crippen LogP contribution in [0.2, 0.25) is 0 Å². The zero-order chi connectivity index (χ0) is 11.5. The van der Waals surface area contributed by atoms with E-state index in [9.17, 15) is 0 Å². The van der Waals surface area contributed by atoms with Gasteiger partial charge in [0.2, 0.25) is 0 Å². The first-order valence-corrected chi connectivity index (χ1v) is 7.16. The van der Waals surface area contributed by atoms with Gasteiger partial charge in [0.25, 0.3) is 0 Å². The molecule has 0 aromatic heterocycles. The van der Waals surface area contributed by atoms with Crippen molar-refractivity contribution in [3.63, 3.8) is 0 Å². The van der Waals surface area contributed by atoms with Gasteiger partial charge in [-0.3, -0.25) is 0 Å². The molecule has 1 N–H and O–H groups in total. The van der Waals surface area contributed by atoms with Crippen LogP contribution in [0.15, 0.2) is 0 Å². The molecular formula is C13H24N2S. The second-order valence-electron chi connectivity index (χ2n) is 5.48. The average molecular weight is 240 g/mol. The van der Waals surface area contributed by atoms with Crippen LogP contribution in [0.4, 0.5) is 0 Å². The van der Waals surface area contributed by atoms with Crippen molar-refractivity contribution in [2.24, 2.45) is 5.92 Å². The fourth-order valence-electron chi connectivity index (χ4n) is 2.95. The van der Waals surface area contributed by atoms with Crippen molar-refractivity contribution in [3.8, 4) is 0 Å². The SMILES string of the molecule is CC1CCCN(C(=S)NC2CCCC2)C1C. The summed E-state index contributed by atoms with van der Waals surface area (Å²) in [5, 5.41) is 4.56. The molecule has 1 aliphatic heterocycles. The van der Waals surface area contributed by atoms with Crippen LogP contribution in [0.25, 0.3) is 0 Å². The Hall–Kier alpha value is -0.310. The summed E-state index contributed by atoms with van der Waals surface area (Å²) in [6, 6.07) is 1.26. The Labute approximate surface area is 105 Å². The first-order valence-electron chi connectivity index (χ1n) is 6.75. The fourth-order valence-corrected chi connectivity index (χ4v) is 3.37. The minimum atomic E-state index is 0.607. The first-order chi connectivity index (χ1) is 7.68. The highest BCUT2D eigenvalue weighted by Gasteiger charge is 2.27. The van der Waals surface area contributed by atoms with Crippen LogP contribution in [0, 0.1) is 5.92 Å². The molecule has 0 aromatic rings. The molecule has 0 spiro atoms. The monoisotopic (exact) mass is 240 g/mol. The summed E-state index contributed by atoms with van der Waals surface area (Å²) in [4.78, 5) is 2.40. The molecule has 92 valence electrons. The number of thiocarbonyl (C=S) groups is 1. The third-order valence-electron chi connectivity index (χ3n) is 4.32. The van der Waals surface area contributed by atoms with Crippen LogP contribution in [-0.4, -0.2) is 28.6 Å². The molecule has 2 fully saturated rings. The van der Waals surface area contributed by atoms with Crippen LogP contribution in [0.3, 0.4) is 0 Å². The van der Waals surface area contributed by atoms with E-state index in [2.05, 4.69) is 24.1 Å². The highest BCUT2D eigenvalue weighted by Crippen LogP contribution is 2.24. The molecule has 3 heteroatoms. The van der Waals surface area contributed by atoms with E-state index in [1.165, 1.54) is 38.5 Å². The molecule has 2 aliphatic rings. The molecule has 1 heterocycles. The number of piperidine rings is 1. The number of nitrogens with one attached hydrogen (secondary N) is 1. The van der Waals surface area contributed by atoms with Crippen molar-refractivity contribution in [2.45, 2.75) is 64.5 Å². The normalized spacial score (nSPS) is 31.8. The van der Waals surface area contributed by atoms with Crippen molar-refractivity contribution in [1.82, 2.24) is 10.2 Å². The summed E-state index contributed by atoms with van der Waals surface area (Å²) in [6.45, 7) is 5.80. The number of hydrogen-bond acceptors (Lipinski definition) is 1. The number of likely N-dealkylation sites (tertiary alicyclic amines) is 1. The molecule has 16 heavy (non-hydrogen) atoms. The first kappa shape index (κ1) is 12.2. The number of nitrogens with zero attached hydrogens (tertiary/aromatic N) is 1. The molecule has 0 radical (unpaired) electrons. The topological polar surface area (TPSA) is 15.3 Å². The average Bonchev–Trinajstić information content (AvgIpc) is 2.74. The summed E-state index contributed by atoms with van der Waals surface area (Å²) < 4.78 is 0. The number of rotatable bonds is 1. The predicted molar refractivity (Wildman–Crippen MR) is 72.6 cm³/mol. The van der Waals surface area contributed by atoms with E-state index in [0.717, 1.165) is 17.6 Å². The molecule has 1 saturated carbocycles. The zero-order valence-corrected chi connectivity index (χ0v) is 11.4. The Morgan fingerprint density at radius 3 is 2.50 bits per heavy atom. The third kappa shape index (κ3) is 2.68. The lowest BCUT2D eigenvalue weighted by atomic mass is 9.92. The van der Waals surface area contributed by atoms with E-state index in [4.69, 9.17) is 12.2 Å². The van der Waals surface area contributed by atoms with Crippen LogP contribution in [-0.2, 0) is 0 Å². The minimum Gasteiger partial charge on any atom is -0.360 e. The van der Waals surface area contributed by atoms with E-state index >= 15 is 0 Å². The molecule has 0 amide bonds. The highest BCUT2D eigenvalue weighted by atomic mass is 32.1. The van der Waals surface area contributed by atoms with Gasteiger partial charge in [0.1, 0.15) is 0 Å². The van der Waals surface area contributed by atoms with Crippen molar-refractivity contribution in [1.29, 1.82) is 0 Å². The van der Waals surface area contributed by atoms with Crippen molar-refractivity contribution < 1.29 is 0 Å². The van der Waals surface area contributed by atoms with Crippen molar-refractivity contribution >= 4 is 17.3 Å². The summed E-state index contributed by atoms with van der Waals surface area (Å²) in [5.74, 6) is 0.775. The lowest BCUT2D eigenvalue weighted by molar-refractivity contribution is 0.188. The van der Waals surface area contributed by atoms with Gasteiger partial charge in [0, 0.05) is 18.6 Å². The van der Waals surface area contributed by atoms with Gasteiger partial charge < -0.3 is 10.2 Å². The van der Waals surface area contributed by atoms with Gasteiger partial charge >= 0.3 is 0 Å². The maximum absolute atomic E-state index is 5.56. The van der Waals surface area contributed by atoms with Gasteiger partial charge in [-0.2, -0.15) is 0 Å². The lowest BCUT2D eigenvalue weighted by Gasteiger charge is -2.40. The summed E-state index contributed by atoms with van der Waals surface area (Å²) >= 11 is 5.56. The summed E-state index contributed by atoms with van der Waals surface area (Å²) in [7, 11) is 0. The maximum atomic E-state index is 5.56. The van der Waals surface area contributed by atoms with Gasteiger partial charge in [0.05, 0.1) is 0 Å². The Balaban J connectivity index is 1.87. The molecule has 1 saturated heterocycles. The molecule has 0 aromatic carbocycles. The largest absolute Gasteiger partial charge is 0.360 e. The van der Waals surface area contributed by atoms with E-state index in [-0.39, 0.29) is 0 Å². The van der Waals surface area contributed by atoms with Gasteiger partial charge in [-0.1, -0.05) is 19.8 Å².